The minimum atomic E-state index is -0.0904. The Balaban J connectivity index is 1.83. The maximum absolute atomic E-state index is 4.80. The number of hydrogen-bond acceptors (Lipinski definition) is 2. The van der Waals surface area contributed by atoms with E-state index in [0.717, 1.165) is 17.6 Å². The largest absolute Gasteiger partial charge is 0.260 e. The Morgan fingerprint density at radius 3 is 2.21 bits per heavy atom. The Hall–Kier alpha value is -2.74. The SMILES string of the molecule is CC(C)(C)c1cccc2c(CC(C)(C)c3nccc4ccccc34)ccnc12. The fourth-order valence-electron chi connectivity index (χ4n) is 4.21. The van der Waals surface area contributed by atoms with Crippen LogP contribution in [0.2, 0.25) is 0 Å². The number of para-hydroxylation sites is 1. The highest BCUT2D eigenvalue weighted by Crippen LogP contribution is 2.35. The van der Waals surface area contributed by atoms with Gasteiger partial charge in [-0.15, -0.1) is 0 Å². The summed E-state index contributed by atoms with van der Waals surface area (Å²) in [4.78, 5) is 9.54. The molecule has 0 spiro atoms. The van der Waals surface area contributed by atoms with Gasteiger partial charge in [-0.1, -0.05) is 77.1 Å². The average Bonchev–Trinajstić information content (AvgIpc) is 2.66. The van der Waals surface area contributed by atoms with Crippen molar-refractivity contribution >= 4 is 21.7 Å². The summed E-state index contributed by atoms with van der Waals surface area (Å²) in [5.74, 6) is 0. The number of nitrogens with zero attached hydrogens (tertiary/aromatic N) is 2. The third-order valence-corrected chi connectivity index (χ3v) is 5.62. The maximum Gasteiger partial charge on any atom is 0.0742 e. The van der Waals surface area contributed by atoms with Crippen LogP contribution in [0.25, 0.3) is 21.7 Å². The van der Waals surface area contributed by atoms with Crippen molar-refractivity contribution in [1.29, 1.82) is 0 Å². The second-order valence-electron chi connectivity index (χ2n) is 9.36. The fourth-order valence-corrected chi connectivity index (χ4v) is 4.21. The summed E-state index contributed by atoms with van der Waals surface area (Å²) in [6.07, 6.45) is 4.81. The molecule has 0 saturated heterocycles. The van der Waals surface area contributed by atoms with Gasteiger partial charge >= 0.3 is 0 Å². The van der Waals surface area contributed by atoms with E-state index in [1.165, 1.54) is 27.3 Å². The molecule has 0 N–H and O–H groups in total. The molecule has 2 nitrogen and oxygen atoms in total. The van der Waals surface area contributed by atoms with Crippen molar-refractivity contribution in [3.8, 4) is 0 Å². The molecule has 0 fully saturated rings. The highest BCUT2D eigenvalue weighted by Gasteiger charge is 2.26. The molecule has 0 amide bonds. The van der Waals surface area contributed by atoms with Gasteiger partial charge in [-0.2, -0.15) is 0 Å². The zero-order chi connectivity index (χ0) is 19.9. The van der Waals surface area contributed by atoms with Crippen LogP contribution in [-0.2, 0) is 17.3 Å². The first-order chi connectivity index (χ1) is 13.3. The molecule has 142 valence electrons. The van der Waals surface area contributed by atoms with Gasteiger partial charge in [-0.3, -0.25) is 9.97 Å². The van der Waals surface area contributed by atoms with Crippen molar-refractivity contribution in [2.75, 3.05) is 0 Å². The molecule has 4 rings (SSSR count). The molecule has 0 bridgehead atoms. The van der Waals surface area contributed by atoms with E-state index in [0.29, 0.717) is 0 Å². The van der Waals surface area contributed by atoms with Gasteiger partial charge in [0.15, 0.2) is 0 Å². The molecular formula is C26H28N2. The molecule has 0 aliphatic heterocycles. The van der Waals surface area contributed by atoms with Crippen molar-refractivity contribution in [1.82, 2.24) is 9.97 Å². The Labute approximate surface area is 167 Å². The molecule has 2 aromatic carbocycles. The zero-order valence-electron chi connectivity index (χ0n) is 17.5. The highest BCUT2D eigenvalue weighted by atomic mass is 14.7. The van der Waals surface area contributed by atoms with Crippen molar-refractivity contribution in [2.45, 2.75) is 51.9 Å². The van der Waals surface area contributed by atoms with Gasteiger partial charge < -0.3 is 0 Å². The van der Waals surface area contributed by atoms with Gasteiger partial charge in [0.05, 0.1) is 11.2 Å². The van der Waals surface area contributed by atoms with E-state index in [1.807, 2.05) is 12.4 Å². The Morgan fingerprint density at radius 1 is 0.714 bits per heavy atom. The Bertz CT molecular complexity index is 1140. The quantitative estimate of drug-likeness (QED) is 0.407. The molecule has 4 aromatic rings. The van der Waals surface area contributed by atoms with Crippen LogP contribution in [0.5, 0.6) is 0 Å². The number of rotatable bonds is 3. The van der Waals surface area contributed by atoms with Gasteiger partial charge in [0.25, 0.3) is 0 Å². The van der Waals surface area contributed by atoms with E-state index in [9.17, 15) is 0 Å². The van der Waals surface area contributed by atoms with Crippen LogP contribution in [0.1, 0.15) is 51.4 Å². The van der Waals surface area contributed by atoms with Gasteiger partial charge in [-0.25, -0.2) is 0 Å². The molecule has 0 unspecified atom stereocenters. The minimum Gasteiger partial charge on any atom is -0.260 e. The van der Waals surface area contributed by atoms with E-state index in [1.54, 1.807) is 0 Å². The van der Waals surface area contributed by atoms with Gasteiger partial charge in [-0.05, 0) is 40.5 Å². The topological polar surface area (TPSA) is 25.8 Å². The van der Waals surface area contributed by atoms with E-state index in [2.05, 4.69) is 89.2 Å². The van der Waals surface area contributed by atoms with Crippen molar-refractivity contribution in [3.05, 3.63) is 83.8 Å². The highest BCUT2D eigenvalue weighted by molar-refractivity contribution is 5.87. The normalized spacial score (nSPS) is 12.6. The third-order valence-electron chi connectivity index (χ3n) is 5.62. The summed E-state index contributed by atoms with van der Waals surface area (Å²) < 4.78 is 0. The average molecular weight is 369 g/mol. The van der Waals surface area contributed by atoms with Gasteiger partial charge in [0, 0.05) is 28.6 Å². The Morgan fingerprint density at radius 2 is 1.43 bits per heavy atom. The molecule has 0 saturated carbocycles. The van der Waals surface area contributed by atoms with E-state index in [4.69, 9.17) is 9.97 Å². The van der Waals surface area contributed by atoms with E-state index < -0.39 is 0 Å². The van der Waals surface area contributed by atoms with E-state index in [-0.39, 0.29) is 10.8 Å². The molecule has 0 aliphatic carbocycles. The minimum absolute atomic E-state index is 0.0673. The predicted octanol–water partition coefficient (Wildman–Crippen LogP) is 6.60. The monoisotopic (exact) mass is 368 g/mol. The molecule has 0 aliphatic rings. The standard InChI is InChI=1S/C26H28N2/c1-25(2,3)22-12-8-11-20-19(14-15-27-23(20)22)17-26(4,5)24-21-10-7-6-9-18(21)13-16-28-24/h6-16H,17H2,1-5H3. The van der Waals surface area contributed by atoms with Crippen LogP contribution in [0, 0.1) is 0 Å². The van der Waals surface area contributed by atoms with Crippen LogP contribution in [0.15, 0.2) is 67.0 Å². The summed E-state index contributed by atoms with van der Waals surface area (Å²) in [6, 6.07) is 19.4. The molecule has 0 radical (unpaired) electrons. The second-order valence-corrected chi connectivity index (χ2v) is 9.36. The molecule has 2 heterocycles. The lowest BCUT2D eigenvalue weighted by molar-refractivity contribution is 0.512. The van der Waals surface area contributed by atoms with Crippen LogP contribution in [-0.4, -0.2) is 9.97 Å². The maximum atomic E-state index is 4.80. The van der Waals surface area contributed by atoms with Gasteiger partial charge in [0.1, 0.15) is 0 Å². The molecule has 0 atom stereocenters. The Kier molecular flexibility index (Phi) is 4.45. The lowest BCUT2D eigenvalue weighted by Gasteiger charge is -2.27. The summed E-state index contributed by atoms with van der Waals surface area (Å²) in [6.45, 7) is 11.3. The smallest absolute Gasteiger partial charge is 0.0742 e. The molecule has 2 aromatic heterocycles. The second kappa shape index (κ2) is 6.70. The van der Waals surface area contributed by atoms with Crippen LogP contribution >= 0.6 is 0 Å². The number of fused-ring (bicyclic) bond motifs is 2. The van der Waals surface area contributed by atoms with Crippen molar-refractivity contribution in [3.63, 3.8) is 0 Å². The summed E-state index contributed by atoms with van der Waals surface area (Å²) in [5, 5.41) is 3.74. The number of pyridine rings is 2. The fraction of sp³-hybridized carbons (Fsp3) is 0.308. The lowest BCUT2D eigenvalue weighted by Crippen LogP contribution is -2.23. The summed E-state index contributed by atoms with van der Waals surface area (Å²) >= 11 is 0. The first-order valence-corrected chi connectivity index (χ1v) is 9.99. The zero-order valence-corrected chi connectivity index (χ0v) is 17.5. The van der Waals surface area contributed by atoms with Gasteiger partial charge in [0.2, 0.25) is 0 Å². The third kappa shape index (κ3) is 3.28. The molecular weight excluding hydrogens is 340 g/mol. The summed E-state index contributed by atoms with van der Waals surface area (Å²) in [5.41, 5.74) is 4.88. The number of hydrogen-bond donors (Lipinski definition) is 0. The van der Waals surface area contributed by atoms with Crippen LogP contribution in [0.4, 0.5) is 0 Å². The first kappa shape index (κ1) is 18.6. The first-order valence-electron chi connectivity index (χ1n) is 9.99. The number of benzene rings is 2. The number of aromatic nitrogens is 2. The lowest BCUT2D eigenvalue weighted by atomic mass is 9.79. The van der Waals surface area contributed by atoms with Crippen molar-refractivity contribution in [2.24, 2.45) is 0 Å². The van der Waals surface area contributed by atoms with E-state index >= 15 is 0 Å². The molecule has 28 heavy (non-hydrogen) atoms. The molecule has 2 heteroatoms. The summed E-state index contributed by atoms with van der Waals surface area (Å²) in [7, 11) is 0. The van der Waals surface area contributed by atoms with Crippen molar-refractivity contribution < 1.29 is 0 Å². The van der Waals surface area contributed by atoms with Crippen LogP contribution < -0.4 is 0 Å². The predicted molar refractivity (Wildman–Crippen MR) is 119 cm³/mol. The van der Waals surface area contributed by atoms with Crippen LogP contribution in [0.3, 0.4) is 0 Å².